The summed E-state index contributed by atoms with van der Waals surface area (Å²) in [4.78, 5) is 16.1. The second kappa shape index (κ2) is 6.12. The predicted octanol–water partition coefficient (Wildman–Crippen LogP) is 2.84. The van der Waals surface area contributed by atoms with Crippen LogP contribution in [0.2, 0.25) is 0 Å². The van der Waals surface area contributed by atoms with Crippen LogP contribution in [0.3, 0.4) is 0 Å². The number of carbonyl (C=O) groups excluding carboxylic acids is 1. The summed E-state index contributed by atoms with van der Waals surface area (Å²) in [5, 5.41) is 11.8. The number of carbonyl (C=O) groups is 1. The second-order valence-electron chi connectivity index (χ2n) is 3.79. The average molecular weight is 316 g/mol. The molecule has 1 N–H and O–H groups in total. The minimum Gasteiger partial charge on any atom is -0.332 e. The van der Waals surface area contributed by atoms with Crippen molar-refractivity contribution in [1.29, 1.82) is 5.26 Å². The Morgan fingerprint density at radius 1 is 1.26 bits per heavy atom. The lowest BCUT2D eigenvalue weighted by Crippen LogP contribution is -2.28. The van der Waals surface area contributed by atoms with Crippen LogP contribution < -0.4 is 5.32 Å². The molecule has 0 aliphatic heterocycles. The summed E-state index contributed by atoms with van der Waals surface area (Å²) in [6, 6.07) is 13.8. The molecule has 0 fully saturated rings. The SMILES string of the molecule is N#CC(NC(=O)c1cccnc1Br)c1ccccc1. The lowest BCUT2D eigenvalue weighted by atomic mass is 10.1. The van der Waals surface area contributed by atoms with Gasteiger partial charge in [0, 0.05) is 6.20 Å². The molecule has 1 unspecified atom stereocenters. The van der Waals surface area contributed by atoms with Crippen molar-refractivity contribution >= 4 is 21.8 Å². The number of nitriles is 1. The highest BCUT2D eigenvalue weighted by Gasteiger charge is 2.16. The third kappa shape index (κ3) is 3.18. The van der Waals surface area contributed by atoms with Gasteiger partial charge in [-0.15, -0.1) is 0 Å². The normalized spacial score (nSPS) is 11.4. The maximum absolute atomic E-state index is 12.1. The molecule has 2 aromatic rings. The summed E-state index contributed by atoms with van der Waals surface area (Å²) >= 11 is 3.21. The maximum Gasteiger partial charge on any atom is 0.255 e. The third-order valence-electron chi connectivity index (χ3n) is 2.54. The topological polar surface area (TPSA) is 65.8 Å². The Morgan fingerprint density at radius 3 is 2.63 bits per heavy atom. The Balaban J connectivity index is 2.19. The Morgan fingerprint density at radius 2 is 2.00 bits per heavy atom. The molecule has 1 aromatic heterocycles. The number of hydrogen-bond acceptors (Lipinski definition) is 3. The van der Waals surface area contributed by atoms with E-state index in [1.54, 1.807) is 30.5 Å². The fourth-order valence-corrected chi connectivity index (χ4v) is 2.03. The van der Waals surface area contributed by atoms with Crippen LogP contribution in [0.1, 0.15) is 22.0 Å². The molecule has 0 saturated carbocycles. The first-order valence-electron chi connectivity index (χ1n) is 5.58. The molecule has 1 atom stereocenters. The number of halogens is 1. The van der Waals surface area contributed by atoms with Crippen LogP contribution in [-0.4, -0.2) is 10.9 Å². The van der Waals surface area contributed by atoms with Crippen LogP contribution in [0.5, 0.6) is 0 Å². The largest absolute Gasteiger partial charge is 0.332 e. The fourth-order valence-electron chi connectivity index (χ4n) is 1.60. The highest BCUT2D eigenvalue weighted by atomic mass is 79.9. The molecule has 0 radical (unpaired) electrons. The van der Waals surface area contributed by atoms with Gasteiger partial charge in [-0.2, -0.15) is 5.26 Å². The van der Waals surface area contributed by atoms with Gasteiger partial charge >= 0.3 is 0 Å². The van der Waals surface area contributed by atoms with Gasteiger partial charge in [0.2, 0.25) is 0 Å². The van der Waals surface area contributed by atoms with E-state index in [0.29, 0.717) is 10.2 Å². The van der Waals surface area contributed by atoms with Crippen molar-refractivity contribution in [3.8, 4) is 6.07 Å². The first-order chi connectivity index (χ1) is 9.22. The number of aromatic nitrogens is 1. The number of hydrogen-bond donors (Lipinski definition) is 1. The van der Waals surface area contributed by atoms with E-state index in [-0.39, 0.29) is 5.91 Å². The van der Waals surface area contributed by atoms with Gasteiger partial charge in [0.05, 0.1) is 11.6 Å². The van der Waals surface area contributed by atoms with Crippen molar-refractivity contribution in [2.24, 2.45) is 0 Å². The van der Waals surface area contributed by atoms with Gasteiger partial charge in [0.25, 0.3) is 5.91 Å². The summed E-state index contributed by atoms with van der Waals surface area (Å²) in [5.41, 5.74) is 1.15. The summed E-state index contributed by atoms with van der Waals surface area (Å²) < 4.78 is 0.456. The lowest BCUT2D eigenvalue weighted by Gasteiger charge is -2.12. The van der Waals surface area contributed by atoms with Crippen LogP contribution >= 0.6 is 15.9 Å². The van der Waals surface area contributed by atoms with E-state index < -0.39 is 6.04 Å². The molecule has 0 saturated heterocycles. The predicted molar refractivity (Wildman–Crippen MR) is 74.2 cm³/mol. The molecule has 4 nitrogen and oxygen atoms in total. The smallest absolute Gasteiger partial charge is 0.255 e. The van der Waals surface area contributed by atoms with Gasteiger partial charge in [0.15, 0.2) is 0 Å². The molecule has 1 aromatic carbocycles. The zero-order chi connectivity index (χ0) is 13.7. The molecule has 1 heterocycles. The van der Waals surface area contributed by atoms with Crippen molar-refractivity contribution < 1.29 is 4.79 Å². The lowest BCUT2D eigenvalue weighted by molar-refractivity contribution is 0.0944. The summed E-state index contributed by atoms with van der Waals surface area (Å²) in [5.74, 6) is -0.338. The molecular formula is C14H10BrN3O. The standard InChI is InChI=1S/C14H10BrN3O/c15-13-11(7-4-8-17-13)14(19)18-12(9-16)10-5-2-1-3-6-10/h1-8,12H,(H,18,19). The number of nitrogens with one attached hydrogen (secondary N) is 1. The monoisotopic (exact) mass is 315 g/mol. The Labute approximate surface area is 119 Å². The van der Waals surface area contributed by atoms with E-state index in [9.17, 15) is 4.79 Å². The minimum absolute atomic E-state index is 0.338. The van der Waals surface area contributed by atoms with Gasteiger partial charge in [-0.05, 0) is 33.6 Å². The van der Waals surface area contributed by atoms with Crippen LogP contribution in [0.4, 0.5) is 0 Å². The fraction of sp³-hybridized carbons (Fsp3) is 0.0714. The van der Waals surface area contributed by atoms with E-state index in [1.807, 2.05) is 18.2 Å². The van der Waals surface area contributed by atoms with Crippen LogP contribution in [0.15, 0.2) is 53.3 Å². The van der Waals surface area contributed by atoms with Crippen LogP contribution in [0.25, 0.3) is 0 Å². The number of benzene rings is 1. The Kier molecular flexibility index (Phi) is 4.26. The van der Waals surface area contributed by atoms with Crippen molar-refractivity contribution in [3.05, 3.63) is 64.4 Å². The quantitative estimate of drug-likeness (QED) is 0.886. The molecular weight excluding hydrogens is 306 g/mol. The summed E-state index contributed by atoms with van der Waals surface area (Å²) in [6.45, 7) is 0. The Bertz CT molecular complexity index is 622. The zero-order valence-electron chi connectivity index (χ0n) is 9.88. The first-order valence-corrected chi connectivity index (χ1v) is 6.37. The van der Waals surface area contributed by atoms with Crippen LogP contribution in [0, 0.1) is 11.3 Å². The number of amides is 1. The highest BCUT2D eigenvalue weighted by molar-refractivity contribution is 9.10. The van der Waals surface area contributed by atoms with E-state index in [4.69, 9.17) is 5.26 Å². The third-order valence-corrected chi connectivity index (χ3v) is 3.17. The van der Waals surface area contributed by atoms with E-state index in [2.05, 4.69) is 32.3 Å². The molecule has 94 valence electrons. The number of rotatable bonds is 3. The van der Waals surface area contributed by atoms with Gasteiger partial charge in [-0.1, -0.05) is 30.3 Å². The second-order valence-corrected chi connectivity index (χ2v) is 4.54. The van der Waals surface area contributed by atoms with E-state index in [0.717, 1.165) is 5.56 Å². The van der Waals surface area contributed by atoms with E-state index >= 15 is 0 Å². The summed E-state index contributed by atoms with van der Waals surface area (Å²) in [6.07, 6.45) is 1.58. The minimum atomic E-state index is -0.680. The maximum atomic E-state index is 12.1. The molecule has 0 spiro atoms. The molecule has 0 aliphatic rings. The van der Waals surface area contributed by atoms with Crippen molar-refractivity contribution in [3.63, 3.8) is 0 Å². The van der Waals surface area contributed by atoms with E-state index in [1.165, 1.54) is 0 Å². The van der Waals surface area contributed by atoms with Crippen molar-refractivity contribution in [2.75, 3.05) is 0 Å². The Hall–Kier alpha value is -2.19. The van der Waals surface area contributed by atoms with Crippen molar-refractivity contribution in [1.82, 2.24) is 10.3 Å². The van der Waals surface area contributed by atoms with Gasteiger partial charge in [0.1, 0.15) is 10.6 Å². The van der Waals surface area contributed by atoms with Gasteiger partial charge in [-0.25, -0.2) is 4.98 Å². The molecule has 0 aliphatic carbocycles. The molecule has 1 amide bonds. The molecule has 19 heavy (non-hydrogen) atoms. The number of pyridine rings is 1. The highest BCUT2D eigenvalue weighted by Crippen LogP contribution is 2.16. The van der Waals surface area contributed by atoms with Gasteiger partial charge < -0.3 is 5.32 Å². The number of nitrogens with zero attached hydrogens (tertiary/aromatic N) is 2. The van der Waals surface area contributed by atoms with Crippen LogP contribution in [-0.2, 0) is 0 Å². The van der Waals surface area contributed by atoms with Crippen molar-refractivity contribution in [2.45, 2.75) is 6.04 Å². The zero-order valence-corrected chi connectivity index (χ0v) is 11.5. The molecule has 5 heteroatoms. The first kappa shape index (κ1) is 13.2. The molecule has 0 bridgehead atoms. The van der Waals surface area contributed by atoms with Gasteiger partial charge in [-0.3, -0.25) is 4.79 Å². The summed E-state index contributed by atoms with van der Waals surface area (Å²) in [7, 11) is 0. The molecule has 2 rings (SSSR count). The average Bonchev–Trinajstić information content (AvgIpc) is 2.46.